The van der Waals surface area contributed by atoms with E-state index >= 15 is 0 Å². The number of aromatic nitrogens is 1. The van der Waals surface area contributed by atoms with E-state index in [1.807, 2.05) is 38.1 Å². The Morgan fingerprint density at radius 3 is 1.96 bits per heavy atom. The standard InChI is InChI=1S/C36H56N6O8/c1-12-20(3)27(31(45)38-22(5)29(43)42-36(9,10)33(47)41-28(21(4)13-2)32(46)49-11)40-30(44)26(39-34(48)50-35(6,7)8)18-23-19-37-25-17-15-14-16-24(23)25/h14-17,19-22,26-28,37H,12-13,18H2,1-11H3,(H,38,45)(H,39,48)(H,40,44)(H,41,47)(H,42,43)/t20-,21-,22-,26-,27-,28-/m0/s1. The van der Waals surface area contributed by atoms with Crippen LogP contribution in [0.3, 0.4) is 0 Å². The van der Waals surface area contributed by atoms with Crippen LogP contribution in [0.4, 0.5) is 4.79 Å². The molecule has 14 heteroatoms. The lowest BCUT2D eigenvalue weighted by molar-refractivity contribution is -0.147. The van der Waals surface area contributed by atoms with Crippen molar-refractivity contribution in [1.82, 2.24) is 31.6 Å². The number of ether oxygens (including phenoxy) is 2. The molecule has 0 fully saturated rings. The van der Waals surface area contributed by atoms with Gasteiger partial charge in [0, 0.05) is 23.5 Å². The summed E-state index contributed by atoms with van der Waals surface area (Å²) in [6, 6.07) is 3.37. The summed E-state index contributed by atoms with van der Waals surface area (Å²) in [6.07, 6.45) is 2.19. The van der Waals surface area contributed by atoms with Crippen molar-refractivity contribution in [3.8, 4) is 0 Å². The highest BCUT2D eigenvalue weighted by Gasteiger charge is 2.37. The van der Waals surface area contributed by atoms with Crippen LogP contribution < -0.4 is 26.6 Å². The van der Waals surface area contributed by atoms with Crippen LogP contribution in [0, 0.1) is 11.8 Å². The fourth-order valence-electron chi connectivity index (χ4n) is 5.09. The minimum absolute atomic E-state index is 0.105. The number of amides is 5. The second-order valence-electron chi connectivity index (χ2n) is 14.3. The molecule has 0 aliphatic heterocycles. The Hall–Kier alpha value is -4.62. The number of para-hydroxylation sites is 1. The Labute approximate surface area is 294 Å². The van der Waals surface area contributed by atoms with Crippen LogP contribution in [0.2, 0.25) is 0 Å². The highest BCUT2D eigenvalue weighted by Crippen LogP contribution is 2.20. The van der Waals surface area contributed by atoms with Gasteiger partial charge in [0.15, 0.2) is 0 Å². The lowest BCUT2D eigenvalue weighted by Crippen LogP contribution is -2.62. The number of fused-ring (bicyclic) bond motifs is 1. The molecule has 50 heavy (non-hydrogen) atoms. The Bertz CT molecular complexity index is 1510. The number of rotatable bonds is 16. The highest BCUT2D eigenvalue weighted by atomic mass is 16.6. The van der Waals surface area contributed by atoms with Crippen LogP contribution in [-0.4, -0.2) is 83.1 Å². The largest absolute Gasteiger partial charge is 0.467 e. The lowest BCUT2D eigenvalue weighted by Gasteiger charge is -2.31. The molecule has 2 rings (SSSR count). The zero-order chi connectivity index (χ0) is 38.0. The summed E-state index contributed by atoms with van der Waals surface area (Å²) >= 11 is 0. The number of aromatic amines is 1. The van der Waals surface area contributed by atoms with Crippen LogP contribution >= 0.6 is 0 Å². The number of hydrogen-bond donors (Lipinski definition) is 6. The predicted molar refractivity (Wildman–Crippen MR) is 190 cm³/mol. The lowest BCUT2D eigenvalue weighted by atomic mass is 9.96. The van der Waals surface area contributed by atoms with Gasteiger partial charge in [0.25, 0.3) is 0 Å². The Morgan fingerprint density at radius 1 is 0.780 bits per heavy atom. The zero-order valence-corrected chi connectivity index (χ0v) is 31.2. The van der Waals surface area contributed by atoms with Crippen molar-refractivity contribution in [2.24, 2.45) is 11.8 Å². The predicted octanol–water partition coefficient (Wildman–Crippen LogP) is 3.24. The van der Waals surface area contributed by atoms with Gasteiger partial charge >= 0.3 is 12.1 Å². The van der Waals surface area contributed by atoms with Gasteiger partial charge in [0.2, 0.25) is 23.6 Å². The monoisotopic (exact) mass is 700 g/mol. The fraction of sp³-hybridized carbons (Fsp3) is 0.611. The van der Waals surface area contributed by atoms with Crippen molar-refractivity contribution < 1.29 is 38.2 Å². The van der Waals surface area contributed by atoms with E-state index in [4.69, 9.17) is 9.47 Å². The summed E-state index contributed by atoms with van der Waals surface area (Å²) in [7, 11) is 1.23. The normalized spacial score (nSPS) is 15.3. The van der Waals surface area contributed by atoms with Gasteiger partial charge in [0.05, 0.1) is 7.11 Å². The molecule has 1 aromatic heterocycles. The first-order valence-corrected chi connectivity index (χ1v) is 17.1. The first kappa shape index (κ1) is 41.6. The van der Waals surface area contributed by atoms with Gasteiger partial charge in [-0.05, 0) is 65.0 Å². The number of carbonyl (C=O) groups is 6. The maximum absolute atomic E-state index is 13.8. The summed E-state index contributed by atoms with van der Waals surface area (Å²) in [5.74, 6) is -3.68. The molecule has 6 atom stereocenters. The van der Waals surface area contributed by atoms with Gasteiger partial charge in [-0.3, -0.25) is 19.2 Å². The summed E-state index contributed by atoms with van der Waals surface area (Å²) in [6.45, 7) is 16.9. The third kappa shape index (κ3) is 11.8. The van der Waals surface area contributed by atoms with E-state index in [0.717, 1.165) is 16.5 Å². The van der Waals surface area contributed by atoms with E-state index in [-0.39, 0.29) is 18.3 Å². The molecule has 0 spiro atoms. The molecular formula is C36H56N6O8. The first-order valence-electron chi connectivity index (χ1n) is 17.1. The molecule has 0 saturated carbocycles. The third-order valence-corrected chi connectivity index (χ3v) is 8.61. The molecular weight excluding hydrogens is 644 g/mol. The highest BCUT2D eigenvalue weighted by molar-refractivity contribution is 5.97. The molecule has 0 aliphatic rings. The summed E-state index contributed by atoms with van der Waals surface area (Å²) in [4.78, 5) is 82.1. The Morgan fingerprint density at radius 2 is 1.38 bits per heavy atom. The Balaban J connectivity index is 2.22. The molecule has 0 saturated heterocycles. The molecule has 0 radical (unpaired) electrons. The molecule has 1 heterocycles. The topological polar surface area (TPSA) is 197 Å². The Kier molecular flexibility index (Phi) is 14.8. The van der Waals surface area contributed by atoms with Gasteiger partial charge in [-0.1, -0.05) is 58.7 Å². The zero-order valence-electron chi connectivity index (χ0n) is 31.2. The number of methoxy groups -OCH3 is 1. The summed E-state index contributed by atoms with van der Waals surface area (Å²) in [5.41, 5.74) is -0.625. The second kappa shape index (κ2) is 17.9. The average molecular weight is 701 g/mol. The molecule has 1 aromatic carbocycles. The molecule has 0 bridgehead atoms. The molecule has 0 aliphatic carbocycles. The number of esters is 1. The molecule has 14 nitrogen and oxygen atoms in total. The van der Waals surface area contributed by atoms with Crippen LogP contribution in [0.5, 0.6) is 0 Å². The number of hydrogen-bond acceptors (Lipinski definition) is 8. The first-order chi connectivity index (χ1) is 23.2. The van der Waals surface area contributed by atoms with E-state index in [1.165, 1.54) is 27.9 Å². The van der Waals surface area contributed by atoms with Crippen molar-refractivity contribution in [2.45, 2.75) is 124 Å². The fourth-order valence-corrected chi connectivity index (χ4v) is 5.09. The molecule has 5 amide bonds. The van der Waals surface area contributed by atoms with Crippen molar-refractivity contribution in [3.63, 3.8) is 0 Å². The minimum Gasteiger partial charge on any atom is -0.467 e. The van der Waals surface area contributed by atoms with Gasteiger partial charge in [0.1, 0.15) is 35.3 Å². The maximum atomic E-state index is 13.8. The van der Waals surface area contributed by atoms with Gasteiger partial charge < -0.3 is 41.0 Å². The SMILES string of the molecule is CC[C@H](C)[C@H](NC(=O)[C@H](Cc1c[nH]c2ccccc12)NC(=O)OC(C)(C)C)C(=O)N[C@@H](C)C(=O)NC(C)(C)C(=O)N[C@H](C(=O)OC)[C@@H](C)CC. The molecule has 0 unspecified atom stereocenters. The van der Waals surface area contributed by atoms with Crippen LogP contribution in [0.1, 0.15) is 87.6 Å². The summed E-state index contributed by atoms with van der Waals surface area (Å²) in [5, 5.41) is 14.3. The van der Waals surface area contributed by atoms with E-state index in [1.54, 1.807) is 40.8 Å². The van der Waals surface area contributed by atoms with Gasteiger partial charge in [-0.15, -0.1) is 0 Å². The number of H-pyrrole nitrogens is 1. The average Bonchev–Trinajstić information content (AvgIpc) is 3.45. The van der Waals surface area contributed by atoms with Crippen molar-refractivity contribution >= 4 is 46.6 Å². The smallest absolute Gasteiger partial charge is 0.408 e. The van der Waals surface area contributed by atoms with Crippen LogP contribution in [0.15, 0.2) is 30.5 Å². The van der Waals surface area contributed by atoms with Gasteiger partial charge in [-0.2, -0.15) is 0 Å². The number of nitrogens with one attached hydrogen (secondary N) is 6. The van der Waals surface area contributed by atoms with Crippen LogP contribution in [-0.2, 0) is 39.9 Å². The number of benzene rings is 1. The van der Waals surface area contributed by atoms with Crippen molar-refractivity contribution in [2.75, 3.05) is 7.11 Å². The quantitative estimate of drug-likeness (QED) is 0.144. The number of carbonyl (C=O) groups excluding carboxylic acids is 6. The summed E-state index contributed by atoms with van der Waals surface area (Å²) < 4.78 is 10.3. The third-order valence-electron chi connectivity index (χ3n) is 8.61. The van der Waals surface area contributed by atoms with Gasteiger partial charge in [-0.25, -0.2) is 9.59 Å². The minimum atomic E-state index is -1.46. The van der Waals surface area contributed by atoms with E-state index in [0.29, 0.717) is 12.8 Å². The second-order valence-corrected chi connectivity index (χ2v) is 14.3. The molecule has 2 aromatic rings. The molecule has 278 valence electrons. The number of alkyl carbamates (subject to hydrolysis) is 1. The van der Waals surface area contributed by atoms with E-state index < -0.39 is 71.0 Å². The maximum Gasteiger partial charge on any atom is 0.408 e. The van der Waals surface area contributed by atoms with E-state index in [2.05, 4.69) is 31.6 Å². The van der Waals surface area contributed by atoms with E-state index in [9.17, 15) is 28.8 Å². The van der Waals surface area contributed by atoms with Crippen LogP contribution in [0.25, 0.3) is 10.9 Å². The van der Waals surface area contributed by atoms with Crippen molar-refractivity contribution in [1.29, 1.82) is 0 Å². The van der Waals surface area contributed by atoms with Crippen molar-refractivity contribution in [3.05, 3.63) is 36.0 Å². The molecule has 6 N–H and O–H groups in total.